The van der Waals surface area contributed by atoms with E-state index in [1.54, 1.807) is 31.2 Å². The smallest absolute Gasteiger partial charge is 0.306 e. The van der Waals surface area contributed by atoms with Crippen molar-refractivity contribution >= 4 is 16.9 Å². The van der Waals surface area contributed by atoms with Gasteiger partial charge in [0, 0.05) is 13.3 Å². The first-order valence-electron chi connectivity index (χ1n) is 7.04. The summed E-state index contributed by atoms with van der Waals surface area (Å²) in [7, 11) is 0. The SMILES string of the molecule is Cc1nnc(COC(=O)CCc2nc3ccccc3c(=O)[nH]2)o1. The molecule has 0 aliphatic carbocycles. The van der Waals surface area contributed by atoms with E-state index < -0.39 is 5.97 Å². The van der Waals surface area contributed by atoms with Crippen LogP contribution in [0.15, 0.2) is 33.5 Å². The number of aromatic amines is 1. The Bertz CT molecular complexity index is 900. The first kappa shape index (κ1) is 14.9. The summed E-state index contributed by atoms with van der Waals surface area (Å²) in [6.45, 7) is 1.58. The summed E-state index contributed by atoms with van der Waals surface area (Å²) in [5.41, 5.74) is 0.376. The highest BCUT2D eigenvalue weighted by molar-refractivity contribution is 5.77. The number of esters is 1. The van der Waals surface area contributed by atoms with Gasteiger partial charge in [0.2, 0.25) is 5.89 Å². The van der Waals surface area contributed by atoms with Gasteiger partial charge >= 0.3 is 5.97 Å². The normalized spacial score (nSPS) is 10.8. The van der Waals surface area contributed by atoms with Gasteiger partial charge in [0.25, 0.3) is 11.4 Å². The average molecular weight is 314 g/mol. The summed E-state index contributed by atoms with van der Waals surface area (Å²) < 4.78 is 10.1. The van der Waals surface area contributed by atoms with Crippen LogP contribution in [-0.4, -0.2) is 26.1 Å². The summed E-state index contributed by atoms with van der Waals surface area (Å²) in [5.74, 6) is 0.665. The Kier molecular flexibility index (Phi) is 4.13. The fraction of sp³-hybridized carbons (Fsp3) is 0.267. The number of ether oxygens (including phenoxy) is 1. The molecular weight excluding hydrogens is 300 g/mol. The minimum absolute atomic E-state index is 0.0681. The monoisotopic (exact) mass is 314 g/mol. The van der Waals surface area contributed by atoms with E-state index >= 15 is 0 Å². The van der Waals surface area contributed by atoms with Crippen LogP contribution in [0.5, 0.6) is 0 Å². The zero-order valence-corrected chi connectivity index (χ0v) is 12.4. The molecule has 0 amide bonds. The van der Waals surface area contributed by atoms with Crippen LogP contribution in [0.3, 0.4) is 0 Å². The summed E-state index contributed by atoms with van der Waals surface area (Å²) in [4.78, 5) is 30.6. The maximum Gasteiger partial charge on any atom is 0.306 e. The Morgan fingerprint density at radius 3 is 2.91 bits per heavy atom. The lowest BCUT2D eigenvalue weighted by Gasteiger charge is -2.03. The summed E-state index contributed by atoms with van der Waals surface area (Å²) in [6.07, 6.45) is 0.371. The number of benzene rings is 1. The number of carbonyl (C=O) groups excluding carboxylic acids is 1. The van der Waals surface area contributed by atoms with Gasteiger partial charge in [0.05, 0.1) is 17.3 Å². The molecule has 23 heavy (non-hydrogen) atoms. The predicted octanol–water partition coefficient (Wildman–Crippen LogP) is 1.29. The molecule has 2 heterocycles. The zero-order valence-electron chi connectivity index (χ0n) is 12.4. The quantitative estimate of drug-likeness (QED) is 0.706. The van der Waals surface area contributed by atoms with Crippen LogP contribution in [0.2, 0.25) is 0 Å². The molecule has 0 saturated heterocycles. The highest BCUT2D eigenvalue weighted by Gasteiger charge is 2.10. The first-order chi connectivity index (χ1) is 11.1. The maximum absolute atomic E-state index is 11.9. The Morgan fingerprint density at radius 2 is 2.13 bits per heavy atom. The van der Waals surface area contributed by atoms with E-state index in [1.165, 1.54) is 0 Å². The molecular formula is C15H14N4O4. The van der Waals surface area contributed by atoms with Gasteiger partial charge in [-0.2, -0.15) is 0 Å². The number of carbonyl (C=O) groups is 1. The molecule has 0 spiro atoms. The third-order valence-electron chi connectivity index (χ3n) is 3.15. The lowest BCUT2D eigenvalue weighted by atomic mass is 10.2. The number of nitrogens with zero attached hydrogens (tertiary/aromatic N) is 3. The molecule has 0 bridgehead atoms. The van der Waals surface area contributed by atoms with Gasteiger partial charge in [0.1, 0.15) is 5.82 Å². The number of H-pyrrole nitrogens is 1. The lowest BCUT2D eigenvalue weighted by Crippen LogP contribution is -2.14. The average Bonchev–Trinajstić information content (AvgIpc) is 2.96. The van der Waals surface area contributed by atoms with Crippen LogP contribution in [-0.2, 0) is 22.6 Å². The van der Waals surface area contributed by atoms with E-state index in [4.69, 9.17) is 9.15 Å². The topological polar surface area (TPSA) is 111 Å². The molecule has 0 fully saturated rings. The van der Waals surface area contributed by atoms with Crippen molar-refractivity contribution in [1.29, 1.82) is 0 Å². The molecule has 8 nitrogen and oxygen atoms in total. The van der Waals surface area contributed by atoms with Gasteiger partial charge in [-0.3, -0.25) is 9.59 Å². The minimum atomic E-state index is -0.434. The molecule has 3 aromatic rings. The van der Waals surface area contributed by atoms with Crippen LogP contribution >= 0.6 is 0 Å². The van der Waals surface area contributed by atoms with Crippen molar-refractivity contribution in [3.8, 4) is 0 Å². The van der Waals surface area contributed by atoms with Crippen molar-refractivity contribution in [3.63, 3.8) is 0 Å². The van der Waals surface area contributed by atoms with Gasteiger partial charge in [0.15, 0.2) is 6.61 Å². The lowest BCUT2D eigenvalue weighted by molar-refractivity contribution is -0.145. The zero-order chi connectivity index (χ0) is 16.2. The second-order valence-corrected chi connectivity index (χ2v) is 4.91. The van der Waals surface area contributed by atoms with E-state index in [0.29, 0.717) is 22.6 Å². The molecule has 118 valence electrons. The van der Waals surface area contributed by atoms with Gasteiger partial charge in [-0.15, -0.1) is 10.2 Å². The van der Waals surface area contributed by atoms with Crippen molar-refractivity contribution in [2.75, 3.05) is 0 Å². The highest BCUT2D eigenvalue weighted by atomic mass is 16.5. The van der Waals surface area contributed by atoms with Crippen LogP contribution in [0, 0.1) is 6.92 Å². The molecule has 8 heteroatoms. The van der Waals surface area contributed by atoms with E-state index in [2.05, 4.69) is 20.2 Å². The number of rotatable bonds is 5. The predicted molar refractivity (Wildman–Crippen MR) is 79.5 cm³/mol. The third-order valence-corrected chi connectivity index (χ3v) is 3.15. The molecule has 0 radical (unpaired) electrons. The van der Waals surface area contributed by atoms with Crippen LogP contribution in [0.1, 0.15) is 24.0 Å². The van der Waals surface area contributed by atoms with E-state index in [0.717, 1.165) is 0 Å². The van der Waals surface area contributed by atoms with Gasteiger partial charge in [-0.05, 0) is 12.1 Å². The molecule has 0 saturated carbocycles. The summed E-state index contributed by atoms with van der Waals surface area (Å²) in [5, 5.41) is 7.89. The van der Waals surface area contributed by atoms with Gasteiger partial charge in [-0.25, -0.2) is 4.98 Å². The number of aromatic nitrogens is 4. The second-order valence-electron chi connectivity index (χ2n) is 4.91. The van der Waals surface area contributed by atoms with Crippen molar-refractivity contribution < 1.29 is 13.9 Å². The number of fused-ring (bicyclic) bond motifs is 1. The molecule has 0 aliphatic heterocycles. The van der Waals surface area contributed by atoms with Crippen molar-refractivity contribution in [3.05, 3.63) is 52.2 Å². The Labute approximate surface area is 130 Å². The first-order valence-corrected chi connectivity index (χ1v) is 7.04. The van der Waals surface area contributed by atoms with Crippen molar-refractivity contribution in [2.24, 2.45) is 0 Å². The fourth-order valence-corrected chi connectivity index (χ4v) is 2.08. The highest BCUT2D eigenvalue weighted by Crippen LogP contribution is 2.07. The molecule has 0 aliphatic rings. The largest absolute Gasteiger partial charge is 0.456 e. The summed E-state index contributed by atoms with van der Waals surface area (Å²) in [6, 6.07) is 7.03. The molecule has 1 N–H and O–H groups in total. The molecule has 0 unspecified atom stereocenters. The fourth-order valence-electron chi connectivity index (χ4n) is 2.08. The van der Waals surface area contributed by atoms with Crippen LogP contribution in [0.4, 0.5) is 0 Å². The Hall–Kier alpha value is -3.03. The van der Waals surface area contributed by atoms with Crippen LogP contribution in [0.25, 0.3) is 10.9 Å². The van der Waals surface area contributed by atoms with Crippen molar-refractivity contribution in [2.45, 2.75) is 26.4 Å². The number of aryl methyl sites for hydroxylation is 2. The number of hydrogen-bond acceptors (Lipinski definition) is 7. The van der Waals surface area contributed by atoms with Crippen molar-refractivity contribution in [1.82, 2.24) is 20.2 Å². The number of hydrogen-bond donors (Lipinski definition) is 1. The summed E-state index contributed by atoms with van der Waals surface area (Å²) >= 11 is 0. The molecule has 2 aromatic heterocycles. The molecule has 1 aromatic carbocycles. The number of para-hydroxylation sites is 1. The van der Waals surface area contributed by atoms with Gasteiger partial charge in [-0.1, -0.05) is 12.1 Å². The van der Waals surface area contributed by atoms with E-state index in [9.17, 15) is 9.59 Å². The standard InChI is InChI=1S/C15H14N4O4/c1-9-18-19-13(23-9)8-22-14(20)7-6-12-16-11-5-3-2-4-10(11)15(21)17-12/h2-5H,6-8H2,1H3,(H,16,17,21). The van der Waals surface area contributed by atoms with E-state index in [-0.39, 0.29) is 30.9 Å². The van der Waals surface area contributed by atoms with Crippen LogP contribution < -0.4 is 5.56 Å². The second kappa shape index (κ2) is 6.39. The third kappa shape index (κ3) is 3.60. The van der Waals surface area contributed by atoms with Gasteiger partial charge < -0.3 is 14.1 Å². The Morgan fingerprint density at radius 1 is 1.30 bits per heavy atom. The molecule has 0 atom stereocenters. The minimum Gasteiger partial charge on any atom is -0.456 e. The number of nitrogens with one attached hydrogen (secondary N) is 1. The van der Waals surface area contributed by atoms with E-state index in [1.807, 2.05) is 0 Å². The molecule has 3 rings (SSSR count). The Balaban J connectivity index is 1.59. The maximum atomic E-state index is 11.9.